The molecule has 1 fully saturated rings. The van der Waals surface area contributed by atoms with Crippen LogP contribution < -0.4 is 15.1 Å². The van der Waals surface area contributed by atoms with E-state index in [2.05, 4.69) is 34.1 Å². The lowest BCUT2D eigenvalue weighted by Crippen LogP contribution is -2.31. The van der Waals surface area contributed by atoms with Gasteiger partial charge in [-0.2, -0.15) is 0 Å². The smallest absolute Gasteiger partial charge is 0.260 e. The van der Waals surface area contributed by atoms with Crippen molar-refractivity contribution in [1.82, 2.24) is 25.1 Å². The van der Waals surface area contributed by atoms with Crippen molar-refractivity contribution in [2.75, 3.05) is 50.1 Å². The highest BCUT2D eigenvalue weighted by molar-refractivity contribution is 6.10. The fourth-order valence-corrected chi connectivity index (χ4v) is 4.89. The predicted octanol–water partition coefficient (Wildman–Crippen LogP) is 2.53. The molecule has 1 atom stereocenters. The van der Waals surface area contributed by atoms with E-state index >= 15 is 0 Å². The van der Waals surface area contributed by atoms with Gasteiger partial charge in [0.05, 0.1) is 24.1 Å². The van der Waals surface area contributed by atoms with Gasteiger partial charge >= 0.3 is 0 Å². The molecule has 2 aromatic rings. The van der Waals surface area contributed by atoms with Gasteiger partial charge in [0, 0.05) is 44.3 Å². The first kappa shape index (κ1) is 25.7. The third-order valence-electron chi connectivity index (χ3n) is 7.04. The molecular formula is C26H37N9O. The first-order valence-corrected chi connectivity index (χ1v) is 12.7. The predicted molar refractivity (Wildman–Crippen MR) is 143 cm³/mol. The van der Waals surface area contributed by atoms with Crippen LogP contribution in [0, 0.1) is 10.8 Å². The molecule has 0 aromatic carbocycles. The number of aromatic nitrogens is 2. The van der Waals surface area contributed by atoms with Gasteiger partial charge in [-0.3, -0.25) is 25.4 Å². The molecule has 2 aliphatic rings. The van der Waals surface area contributed by atoms with E-state index in [9.17, 15) is 4.79 Å². The fourth-order valence-electron chi connectivity index (χ4n) is 4.89. The lowest BCUT2D eigenvalue weighted by molar-refractivity contribution is 0.0996. The Morgan fingerprint density at radius 1 is 1.31 bits per heavy atom. The standard InChI is InChI=1S/C26H37N9O/c1-5-33(17-27)25(28)21-9-6-10-23(30-21)35-15-20-19(26(35)36)14-24(34-12-7-8-18(34)2)31-22(20)16-32(4)13-11-29-3/h6,9-10,14,17-18,27-29H,5,7-8,11-13,15-16H2,1-4H3/t18-/m1/s1. The van der Waals surface area contributed by atoms with Crippen LogP contribution in [0.25, 0.3) is 0 Å². The molecule has 1 amide bonds. The topological polar surface area (TPSA) is 116 Å². The summed E-state index contributed by atoms with van der Waals surface area (Å²) in [5.74, 6) is 1.43. The van der Waals surface area contributed by atoms with Crippen molar-refractivity contribution in [1.29, 1.82) is 10.8 Å². The number of fused-ring (bicyclic) bond motifs is 1. The Labute approximate surface area is 213 Å². The maximum Gasteiger partial charge on any atom is 0.260 e. The first-order chi connectivity index (χ1) is 17.4. The number of carbonyl (C=O) groups is 1. The van der Waals surface area contributed by atoms with Gasteiger partial charge in [-0.05, 0) is 59.0 Å². The molecule has 10 nitrogen and oxygen atoms in total. The van der Waals surface area contributed by atoms with Gasteiger partial charge in [0.1, 0.15) is 17.3 Å². The van der Waals surface area contributed by atoms with Crippen LogP contribution in [-0.4, -0.2) is 84.2 Å². The van der Waals surface area contributed by atoms with Crippen LogP contribution in [0.5, 0.6) is 0 Å². The van der Waals surface area contributed by atoms with Gasteiger partial charge < -0.3 is 15.1 Å². The number of anilines is 2. The monoisotopic (exact) mass is 491 g/mol. The number of amidine groups is 1. The summed E-state index contributed by atoms with van der Waals surface area (Å²) < 4.78 is 0. The molecule has 3 N–H and O–H groups in total. The van der Waals surface area contributed by atoms with Crippen molar-refractivity contribution in [2.45, 2.75) is 45.8 Å². The van der Waals surface area contributed by atoms with E-state index in [0.29, 0.717) is 42.8 Å². The van der Waals surface area contributed by atoms with Crippen molar-refractivity contribution >= 4 is 29.7 Å². The number of nitrogens with one attached hydrogen (secondary N) is 3. The molecule has 10 heteroatoms. The van der Waals surface area contributed by atoms with Crippen molar-refractivity contribution < 1.29 is 4.79 Å². The number of likely N-dealkylation sites (N-methyl/N-ethyl adjacent to an activating group) is 2. The number of hydrogen-bond acceptors (Lipinski definition) is 8. The molecule has 0 bridgehead atoms. The van der Waals surface area contributed by atoms with Crippen LogP contribution in [-0.2, 0) is 13.1 Å². The minimum atomic E-state index is -0.0878. The molecule has 2 aliphatic heterocycles. The Bertz CT molecular complexity index is 1130. The molecule has 0 saturated carbocycles. The van der Waals surface area contributed by atoms with Crippen LogP contribution >= 0.6 is 0 Å². The van der Waals surface area contributed by atoms with E-state index in [1.54, 1.807) is 17.0 Å². The summed E-state index contributed by atoms with van der Waals surface area (Å²) in [4.78, 5) is 31.1. The molecule has 4 heterocycles. The molecule has 2 aromatic heterocycles. The van der Waals surface area contributed by atoms with Gasteiger partial charge in [-0.25, -0.2) is 9.97 Å². The van der Waals surface area contributed by atoms with E-state index in [1.165, 1.54) is 4.90 Å². The third kappa shape index (κ3) is 5.10. The molecule has 36 heavy (non-hydrogen) atoms. The summed E-state index contributed by atoms with van der Waals surface area (Å²) in [7, 11) is 4.02. The van der Waals surface area contributed by atoms with Crippen molar-refractivity contribution in [3.8, 4) is 0 Å². The molecule has 0 unspecified atom stereocenters. The summed E-state index contributed by atoms with van der Waals surface area (Å²) in [6.45, 7) is 8.35. The van der Waals surface area contributed by atoms with Crippen LogP contribution in [0.3, 0.4) is 0 Å². The highest BCUT2D eigenvalue weighted by atomic mass is 16.2. The summed E-state index contributed by atoms with van der Waals surface area (Å²) in [5, 5.41) is 19.2. The van der Waals surface area contributed by atoms with Gasteiger partial charge in [-0.15, -0.1) is 0 Å². The normalized spacial score (nSPS) is 17.1. The third-order valence-corrected chi connectivity index (χ3v) is 7.04. The Morgan fingerprint density at radius 3 is 2.78 bits per heavy atom. The average molecular weight is 492 g/mol. The number of rotatable bonds is 10. The van der Waals surface area contributed by atoms with Crippen molar-refractivity contribution in [3.63, 3.8) is 0 Å². The average Bonchev–Trinajstić information content (AvgIpc) is 3.46. The van der Waals surface area contributed by atoms with Crippen molar-refractivity contribution in [3.05, 3.63) is 46.8 Å². The maximum atomic E-state index is 13.7. The highest BCUT2D eigenvalue weighted by Crippen LogP contribution is 2.34. The molecule has 4 rings (SSSR count). The zero-order valence-corrected chi connectivity index (χ0v) is 21.7. The zero-order valence-electron chi connectivity index (χ0n) is 21.7. The lowest BCUT2D eigenvalue weighted by atomic mass is 10.1. The molecular weight excluding hydrogens is 454 g/mol. The van der Waals surface area contributed by atoms with Crippen molar-refractivity contribution in [2.24, 2.45) is 0 Å². The molecule has 1 saturated heterocycles. The lowest BCUT2D eigenvalue weighted by Gasteiger charge is -2.25. The minimum absolute atomic E-state index is 0.0878. The van der Waals surface area contributed by atoms with E-state index < -0.39 is 0 Å². The van der Waals surface area contributed by atoms with Gasteiger partial charge in [0.25, 0.3) is 5.91 Å². The minimum Gasteiger partial charge on any atom is -0.354 e. The SMILES string of the molecule is CCN(C=N)C(=N)c1cccc(N2Cc3c(cc(N4CCC[C@H]4C)nc3CN(C)CCNC)C2=O)n1. The summed E-state index contributed by atoms with van der Waals surface area (Å²) in [6, 6.07) is 7.70. The fraction of sp³-hybridized carbons (Fsp3) is 0.500. The Kier molecular flexibility index (Phi) is 7.95. The Balaban J connectivity index is 1.68. The van der Waals surface area contributed by atoms with Crippen LogP contribution in [0.15, 0.2) is 24.3 Å². The molecule has 0 spiro atoms. The van der Waals surface area contributed by atoms with Crippen LogP contribution in [0.4, 0.5) is 11.6 Å². The molecule has 0 radical (unpaired) electrons. The number of pyridine rings is 2. The van der Waals surface area contributed by atoms with E-state index in [0.717, 1.165) is 55.9 Å². The van der Waals surface area contributed by atoms with Crippen LogP contribution in [0.1, 0.15) is 54.0 Å². The van der Waals surface area contributed by atoms with Gasteiger partial charge in [0.15, 0.2) is 5.84 Å². The molecule has 192 valence electrons. The number of amides is 1. The number of nitrogens with zero attached hydrogens (tertiary/aromatic N) is 6. The first-order valence-electron chi connectivity index (χ1n) is 12.7. The van der Waals surface area contributed by atoms with Gasteiger partial charge in [-0.1, -0.05) is 6.07 Å². The molecule has 0 aliphatic carbocycles. The van der Waals surface area contributed by atoms with E-state index in [1.807, 2.05) is 26.1 Å². The number of hydrogen-bond donors (Lipinski definition) is 3. The Hall–Kier alpha value is -3.37. The zero-order chi connectivity index (χ0) is 25.8. The van der Waals surface area contributed by atoms with E-state index in [-0.39, 0.29) is 11.7 Å². The number of carbonyl (C=O) groups excluding carboxylic acids is 1. The Morgan fingerprint density at radius 2 is 2.11 bits per heavy atom. The summed E-state index contributed by atoms with van der Waals surface area (Å²) >= 11 is 0. The highest BCUT2D eigenvalue weighted by Gasteiger charge is 2.34. The summed E-state index contributed by atoms with van der Waals surface area (Å²) in [5.41, 5.74) is 3.00. The second-order valence-corrected chi connectivity index (χ2v) is 9.52. The van der Waals surface area contributed by atoms with Gasteiger partial charge in [0.2, 0.25) is 0 Å². The quantitative estimate of drug-likeness (QED) is 0.345. The largest absolute Gasteiger partial charge is 0.354 e. The second-order valence-electron chi connectivity index (χ2n) is 9.52. The maximum absolute atomic E-state index is 13.7. The summed E-state index contributed by atoms with van der Waals surface area (Å²) in [6.07, 6.45) is 3.38. The van der Waals surface area contributed by atoms with Crippen LogP contribution in [0.2, 0.25) is 0 Å². The van der Waals surface area contributed by atoms with E-state index in [4.69, 9.17) is 15.8 Å². The second kappa shape index (κ2) is 11.1.